The van der Waals surface area contributed by atoms with Gasteiger partial charge in [-0.25, -0.2) is 4.79 Å². The van der Waals surface area contributed by atoms with E-state index in [1.165, 1.54) is 18.2 Å². The van der Waals surface area contributed by atoms with Gasteiger partial charge < -0.3 is 15.3 Å². The van der Waals surface area contributed by atoms with E-state index in [0.717, 1.165) is 12.1 Å². The van der Waals surface area contributed by atoms with Gasteiger partial charge in [-0.15, -0.1) is 0 Å². The fourth-order valence-corrected chi connectivity index (χ4v) is 0.802. The van der Waals surface area contributed by atoms with Gasteiger partial charge in [0, 0.05) is 6.08 Å². The van der Waals surface area contributed by atoms with Crippen LogP contribution in [0, 0.1) is 0 Å². The Morgan fingerprint density at radius 2 is 2.00 bits per heavy atom. The summed E-state index contributed by atoms with van der Waals surface area (Å²) in [5.41, 5.74) is 0.449. The number of rotatable bonds is 2. The van der Waals surface area contributed by atoms with Crippen LogP contribution in [0.4, 0.5) is 0 Å². The third-order valence-corrected chi connectivity index (χ3v) is 1.40. The van der Waals surface area contributed by atoms with Gasteiger partial charge in [0.25, 0.3) is 0 Å². The smallest absolute Gasteiger partial charge is 0.870 e. The SMILES string of the molecule is C.O=C(O)/C=C/c1ccc(O)c([O-])c1.[Rb+]. The Balaban J connectivity index is 0. The molecule has 0 aliphatic heterocycles. The molecule has 1 rings (SSSR count). The summed E-state index contributed by atoms with van der Waals surface area (Å²) in [5, 5.41) is 28.0. The maximum absolute atomic E-state index is 10.9. The molecule has 0 saturated carbocycles. The van der Waals surface area contributed by atoms with Crippen LogP contribution >= 0.6 is 0 Å². The standard InChI is InChI=1S/C9H8O4.CH4.Rb/c10-7-3-1-6(5-8(7)11)2-4-9(12)13;;/h1-5,10-11H,(H,12,13);1H4;/q;;+1/p-1/b4-2+;;. The van der Waals surface area contributed by atoms with E-state index in [1.807, 2.05) is 0 Å². The first kappa shape index (κ1) is 17.2. The van der Waals surface area contributed by atoms with Crippen molar-refractivity contribution in [1.82, 2.24) is 0 Å². The molecule has 0 aromatic heterocycles. The zero-order valence-electron chi connectivity index (χ0n) is 7.60. The predicted molar refractivity (Wildman–Crippen MR) is 51.0 cm³/mol. The van der Waals surface area contributed by atoms with Crippen molar-refractivity contribution in [2.24, 2.45) is 0 Å². The minimum Gasteiger partial charge on any atom is -0.870 e. The molecular weight excluding hydrogens is 270 g/mol. The Hall–Kier alpha value is -0.165. The van der Waals surface area contributed by atoms with Gasteiger partial charge in [0.2, 0.25) is 0 Å². The fraction of sp³-hybridized carbons (Fsp3) is 0.100. The van der Waals surface area contributed by atoms with Crippen LogP contribution in [-0.2, 0) is 4.79 Å². The Kier molecular flexibility index (Phi) is 9.24. The Labute approximate surface area is 137 Å². The van der Waals surface area contributed by atoms with E-state index in [-0.39, 0.29) is 71.4 Å². The molecule has 0 aliphatic carbocycles. The first-order valence-electron chi connectivity index (χ1n) is 3.50. The Bertz CT molecular complexity index is 360. The normalized spacial score (nSPS) is 9.07. The van der Waals surface area contributed by atoms with E-state index < -0.39 is 11.7 Å². The third kappa shape index (κ3) is 6.09. The van der Waals surface area contributed by atoms with Crippen LogP contribution in [0.25, 0.3) is 6.08 Å². The molecule has 0 heterocycles. The number of phenolic OH excluding ortho intramolecular Hbond substituents is 1. The molecule has 0 atom stereocenters. The molecule has 76 valence electrons. The molecule has 0 radical (unpaired) electrons. The first-order chi connectivity index (χ1) is 6.09. The molecule has 0 bridgehead atoms. The fourth-order valence-electron chi connectivity index (χ4n) is 0.802. The number of carbonyl (C=O) groups is 1. The summed E-state index contributed by atoms with van der Waals surface area (Å²) >= 11 is 0. The molecule has 2 N–H and O–H groups in total. The second-order valence-electron chi connectivity index (χ2n) is 2.40. The Morgan fingerprint density at radius 3 is 2.47 bits per heavy atom. The summed E-state index contributed by atoms with van der Waals surface area (Å²) in [6, 6.07) is 3.84. The molecular formula is C10H11O4Rb. The minimum absolute atomic E-state index is 0. The maximum Gasteiger partial charge on any atom is 1.00 e. The summed E-state index contributed by atoms with van der Waals surface area (Å²) in [7, 11) is 0. The molecule has 4 nitrogen and oxygen atoms in total. The third-order valence-electron chi connectivity index (χ3n) is 1.40. The van der Waals surface area contributed by atoms with Gasteiger partial charge in [-0.05, 0) is 17.7 Å². The molecule has 0 aliphatic rings. The van der Waals surface area contributed by atoms with E-state index in [4.69, 9.17) is 10.2 Å². The van der Waals surface area contributed by atoms with Gasteiger partial charge in [-0.1, -0.05) is 25.3 Å². The molecule has 5 heteroatoms. The molecule has 0 amide bonds. The zero-order valence-corrected chi connectivity index (χ0v) is 12.5. The average molecular weight is 281 g/mol. The summed E-state index contributed by atoms with van der Waals surface area (Å²) in [6.45, 7) is 0. The van der Waals surface area contributed by atoms with E-state index in [2.05, 4.69) is 0 Å². The largest absolute Gasteiger partial charge is 1.00 e. The average Bonchev–Trinajstić information content (AvgIpc) is 2.07. The number of hydrogen-bond acceptors (Lipinski definition) is 3. The predicted octanol–water partition coefficient (Wildman–Crippen LogP) is -1.80. The molecule has 1 aromatic carbocycles. The van der Waals surface area contributed by atoms with Gasteiger partial charge in [0.15, 0.2) is 0 Å². The quantitative estimate of drug-likeness (QED) is 0.627. The monoisotopic (exact) mass is 280 g/mol. The van der Waals surface area contributed by atoms with Crippen LogP contribution in [0.5, 0.6) is 11.5 Å². The van der Waals surface area contributed by atoms with Crippen LogP contribution < -0.4 is 63.3 Å². The topological polar surface area (TPSA) is 80.6 Å². The summed E-state index contributed by atoms with van der Waals surface area (Å²) in [6.07, 6.45) is 2.20. The van der Waals surface area contributed by atoms with Crippen molar-refractivity contribution in [2.45, 2.75) is 7.43 Å². The van der Waals surface area contributed by atoms with E-state index in [1.54, 1.807) is 0 Å². The first-order valence-corrected chi connectivity index (χ1v) is 3.50. The second-order valence-corrected chi connectivity index (χ2v) is 2.40. The van der Waals surface area contributed by atoms with Gasteiger partial charge >= 0.3 is 64.2 Å². The molecule has 0 spiro atoms. The molecule has 0 unspecified atom stereocenters. The number of aliphatic carboxylic acids is 1. The molecule has 0 saturated heterocycles. The Morgan fingerprint density at radius 1 is 1.40 bits per heavy atom. The molecule has 1 aromatic rings. The zero-order chi connectivity index (χ0) is 9.84. The van der Waals surface area contributed by atoms with Crippen LogP contribution in [0.15, 0.2) is 24.3 Å². The van der Waals surface area contributed by atoms with Gasteiger partial charge in [0.05, 0.1) is 0 Å². The number of benzene rings is 1. The summed E-state index contributed by atoms with van der Waals surface area (Å²) in [4.78, 5) is 10.1. The van der Waals surface area contributed by atoms with E-state index >= 15 is 0 Å². The molecule has 15 heavy (non-hydrogen) atoms. The van der Waals surface area contributed by atoms with Crippen LogP contribution in [0.3, 0.4) is 0 Å². The van der Waals surface area contributed by atoms with Crippen molar-refractivity contribution < 1.29 is 78.3 Å². The number of hydrogen-bond donors (Lipinski definition) is 2. The van der Waals surface area contributed by atoms with Crippen molar-refractivity contribution in [2.75, 3.05) is 0 Å². The van der Waals surface area contributed by atoms with Crippen molar-refractivity contribution >= 4 is 12.0 Å². The van der Waals surface area contributed by atoms with Gasteiger partial charge in [-0.3, -0.25) is 0 Å². The van der Waals surface area contributed by atoms with E-state index in [0.29, 0.717) is 5.56 Å². The number of aromatic hydroxyl groups is 1. The van der Waals surface area contributed by atoms with Crippen LogP contribution in [0.1, 0.15) is 13.0 Å². The van der Waals surface area contributed by atoms with Crippen molar-refractivity contribution in [1.29, 1.82) is 0 Å². The second kappa shape index (κ2) is 8.04. The molecule has 0 fully saturated rings. The minimum atomic E-state index is -1.08. The number of carboxylic acids is 1. The number of carboxylic acid groups (broad SMARTS) is 1. The van der Waals surface area contributed by atoms with Crippen LogP contribution in [-0.4, -0.2) is 16.2 Å². The van der Waals surface area contributed by atoms with Crippen molar-refractivity contribution in [3.05, 3.63) is 29.8 Å². The van der Waals surface area contributed by atoms with Gasteiger partial charge in [-0.2, -0.15) is 0 Å². The number of phenols is 1. The summed E-state index contributed by atoms with van der Waals surface area (Å²) in [5.74, 6) is -1.94. The van der Waals surface area contributed by atoms with Crippen molar-refractivity contribution in [3.8, 4) is 11.5 Å². The van der Waals surface area contributed by atoms with Crippen LogP contribution in [0.2, 0.25) is 0 Å². The van der Waals surface area contributed by atoms with E-state index in [9.17, 15) is 9.90 Å². The van der Waals surface area contributed by atoms with Gasteiger partial charge in [0.1, 0.15) is 5.75 Å². The summed E-state index contributed by atoms with van der Waals surface area (Å²) < 4.78 is 0. The maximum atomic E-state index is 10.9. The van der Waals surface area contributed by atoms with Crippen molar-refractivity contribution in [3.63, 3.8) is 0 Å².